The summed E-state index contributed by atoms with van der Waals surface area (Å²) in [6, 6.07) is 18.0. The number of imidazole rings is 1. The molecule has 0 saturated carbocycles. The Kier molecular flexibility index (Phi) is 4.25. The quantitative estimate of drug-likeness (QED) is 0.437. The highest BCUT2D eigenvalue weighted by molar-refractivity contribution is 7.90. The van der Waals surface area contributed by atoms with Gasteiger partial charge in [-0.2, -0.15) is 0 Å². The summed E-state index contributed by atoms with van der Waals surface area (Å²) in [7, 11) is -3.77. The van der Waals surface area contributed by atoms with Crippen LogP contribution in [0.15, 0.2) is 84.1 Å². The zero-order valence-corrected chi connectivity index (χ0v) is 17.0. The minimum atomic E-state index is -3.77. The summed E-state index contributed by atoms with van der Waals surface area (Å²) in [6.45, 7) is 1.93. The Morgan fingerprint density at radius 2 is 1.77 bits per heavy atom. The molecule has 5 rings (SSSR count). The molecule has 0 saturated heterocycles. The normalized spacial score (nSPS) is 12.3. The summed E-state index contributed by atoms with van der Waals surface area (Å²) in [6.07, 6.45) is 8.96. The van der Waals surface area contributed by atoms with Crippen LogP contribution in [-0.2, 0) is 10.0 Å². The van der Waals surface area contributed by atoms with E-state index in [1.165, 1.54) is 3.97 Å². The van der Waals surface area contributed by atoms with Crippen LogP contribution in [0, 0.1) is 6.92 Å². The lowest BCUT2D eigenvalue weighted by molar-refractivity contribution is 0.589. The first-order valence-corrected chi connectivity index (χ1v) is 10.9. The van der Waals surface area contributed by atoms with Crippen LogP contribution in [0.2, 0.25) is 0 Å². The highest BCUT2D eigenvalue weighted by atomic mass is 32.2. The van der Waals surface area contributed by atoms with Crippen LogP contribution in [0.25, 0.3) is 28.8 Å². The van der Waals surface area contributed by atoms with E-state index in [4.69, 9.17) is 0 Å². The third-order valence-electron chi connectivity index (χ3n) is 4.93. The van der Waals surface area contributed by atoms with Crippen LogP contribution in [-0.4, -0.2) is 26.8 Å². The smallest absolute Gasteiger partial charge is 0.268 e. The molecule has 0 fully saturated rings. The average molecular weight is 414 g/mol. The van der Waals surface area contributed by atoms with Gasteiger partial charge >= 0.3 is 0 Å². The molecule has 0 aliphatic rings. The molecule has 5 aromatic rings. The van der Waals surface area contributed by atoms with Gasteiger partial charge < -0.3 is 0 Å². The number of aromatic nitrogens is 4. The Balaban J connectivity index is 1.66. The Bertz CT molecular complexity index is 1480. The van der Waals surface area contributed by atoms with Crippen LogP contribution >= 0.6 is 0 Å². The summed E-state index contributed by atoms with van der Waals surface area (Å²) in [4.78, 5) is 8.91. The molecule has 0 amide bonds. The number of fused-ring (bicyclic) bond motifs is 2. The second-order valence-corrected chi connectivity index (χ2v) is 8.82. The minimum Gasteiger partial charge on any atom is -0.291 e. The molecule has 0 spiro atoms. The van der Waals surface area contributed by atoms with E-state index >= 15 is 0 Å². The van der Waals surface area contributed by atoms with Gasteiger partial charge in [-0.05, 0) is 49.4 Å². The second kappa shape index (κ2) is 6.96. The predicted molar refractivity (Wildman–Crippen MR) is 118 cm³/mol. The number of rotatable bonds is 4. The summed E-state index contributed by atoms with van der Waals surface area (Å²) >= 11 is 0. The molecule has 2 aromatic carbocycles. The maximum atomic E-state index is 13.5. The molecule has 0 N–H and O–H groups in total. The highest BCUT2D eigenvalue weighted by Crippen LogP contribution is 2.27. The third-order valence-corrected chi connectivity index (χ3v) is 6.69. The summed E-state index contributed by atoms with van der Waals surface area (Å²) in [5, 5.41) is 0.851. The number of hydrogen-bond donors (Lipinski definition) is 0. The second-order valence-electron chi connectivity index (χ2n) is 7.04. The van der Waals surface area contributed by atoms with Crippen molar-refractivity contribution in [3.8, 4) is 0 Å². The van der Waals surface area contributed by atoms with Crippen molar-refractivity contribution in [1.82, 2.24) is 18.3 Å². The van der Waals surface area contributed by atoms with E-state index in [1.807, 2.05) is 60.1 Å². The summed E-state index contributed by atoms with van der Waals surface area (Å²) in [5.41, 5.74) is 2.89. The first-order valence-electron chi connectivity index (χ1n) is 9.43. The first kappa shape index (κ1) is 18.3. The van der Waals surface area contributed by atoms with Crippen molar-refractivity contribution in [2.75, 3.05) is 0 Å². The van der Waals surface area contributed by atoms with Gasteiger partial charge in [0, 0.05) is 24.0 Å². The maximum absolute atomic E-state index is 13.5. The van der Waals surface area contributed by atoms with E-state index in [0.29, 0.717) is 22.7 Å². The van der Waals surface area contributed by atoms with Gasteiger partial charge in [-0.3, -0.25) is 4.40 Å². The van der Waals surface area contributed by atoms with E-state index in [-0.39, 0.29) is 4.90 Å². The molecular weight excluding hydrogens is 396 g/mol. The van der Waals surface area contributed by atoms with Crippen LogP contribution < -0.4 is 0 Å². The summed E-state index contributed by atoms with van der Waals surface area (Å²) < 4.78 is 30.2. The molecular formula is C23H18N4O2S. The molecule has 7 heteroatoms. The first-order chi connectivity index (χ1) is 14.5. The molecule has 30 heavy (non-hydrogen) atoms. The molecule has 0 bridgehead atoms. The lowest BCUT2D eigenvalue weighted by Gasteiger charge is -2.10. The SMILES string of the molecule is Cc1ccc(S(=O)(=O)n2c(/C=C/c3cn4cccnc4n3)cc3ccccc32)cc1. The number of aryl methyl sites for hydroxylation is 1. The van der Waals surface area contributed by atoms with Crippen molar-refractivity contribution in [2.24, 2.45) is 0 Å². The van der Waals surface area contributed by atoms with Gasteiger partial charge in [-0.15, -0.1) is 0 Å². The van der Waals surface area contributed by atoms with E-state index < -0.39 is 10.0 Å². The monoisotopic (exact) mass is 414 g/mol. The highest BCUT2D eigenvalue weighted by Gasteiger charge is 2.22. The van der Waals surface area contributed by atoms with Crippen LogP contribution in [0.3, 0.4) is 0 Å². The zero-order valence-electron chi connectivity index (χ0n) is 16.2. The molecule has 0 unspecified atom stereocenters. The summed E-state index contributed by atoms with van der Waals surface area (Å²) in [5.74, 6) is 0.588. The fraction of sp³-hybridized carbons (Fsp3) is 0.0435. The lowest BCUT2D eigenvalue weighted by atomic mass is 10.2. The van der Waals surface area contributed by atoms with Crippen molar-refractivity contribution in [3.05, 3.63) is 96.2 Å². The minimum absolute atomic E-state index is 0.251. The fourth-order valence-corrected chi connectivity index (χ4v) is 4.96. The van der Waals surface area contributed by atoms with Gasteiger partial charge in [-0.1, -0.05) is 35.9 Å². The van der Waals surface area contributed by atoms with Gasteiger partial charge in [0.25, 0.3) is 10.0 Å². The van der Waals surface area contributed by atoms with E-state index in [2.05, 4.69) is 9.97 Å². The van der Waals surface area contributed by atoms with Crippen molar-refractivity contribution in [3.63, 3.8) is 0 Å². The molecule has 0 atom stereocenters. The Labute approximate surface area is 173 Å². The van der Waals surface area contributed by atoms with Crippen molar-refractivity contribution in [2.45, 2.75) is 11.8 Å². The number of nitrogens with zero attached hydrogens (tertiary/aromatic N) is 4. The number of benzene rings is 2. The Morgan fingerprint density at radius 3 is 2.57 bits per heavy atom. The Morgan fingerprint density at radius 1 is 0.967 bits per heavy atom. The average Bonchev–Trinajstić information content (AvgIpc) is 3.33. The van der Waals surface area contributed by atoms with E-state index in [0.717, 1.165) is 10.9 Å². The van der Waals surface area contributed by atoms with E-state index in [1.54, 1.807) is 42.6 Å². The molecule has 6 nitrogen and oxygen atoms in total. The van der Waals surface area contributed by atoms with Crippen LogP contribution in [0.5, 0.6) is 0 Å². The van der Waals surface area contributed by atoms with Gasteiger partial charge in [0.05, 0.1) is 21.8 Å². The predicted octanol–water partition coefficient (Wildman–Crippen LogP) is 4.40. The maximum Gasteiger partial charge on any atom is 0.268 e. The van der Waals surface area contributed by atoms with Crippen LogP contribution in [0.4, 0.5) is 0 Å². The number of para-hydroxylation sites is 1. The number of hydrogen-bond acceptors (Lipinski definition) is 4. The standard InChI is InChI=1S/C23H18N4O2S/c1-17-7-11-21(12-8-17)30(28,29)27-20(15-18-5-2-3-6-22(18)27)10-9-19-16-26-14-4-13-24-23(26)25-19/h2-16H,1H3/b10-9+. The third kappa shape index (κ3) is 3.09. The zero-order chi connectivity index (χ0) is 20.7. The topological polar surface area (TPSA) is 69.3 Å². The van der Waals surface area contributed by atoms with Gasteiger partial charge in [0.15, 0.2) is 0 Å². The fourth-order valence-electron chi connectivity index (χ4n) is 3.45. The van der Waals surface area contributed by atoms with Crippen molar-refractivity contribution in [1.29, 1.82) is 0 Å². The van der Waals surface area contributed by atoms with Gasteiger partial charge in [0.1, 0.15) is 0 Å². The molecule has 0 radical (unpaired) electrons. The molecule has 0 aliphatic carbocycles. The van der Waals surface area contributed by atoms with Gasteiger partial charge in [0.2, 0.25) is 5.78 Å². The Hall–Kier alpha value is -3.71. The van der Waals surface area contributed by atoms with E-state index in [9.17, 15) is 8.42 Å². The van der Waals surface area contributed by atoms with Crippen molar-refractivity contribution >= 4 is 38.9 Å². The van der Waals surface area contributed by atoms with Gasteiger partial charge in [-0.25, -0.2) is 22.4 Å². The molecule has 3 aromatic heterocycles. The molecule has 3 heterocycles. The molecule has 148 valence electrons. The largest absolute Gasteiger partial charge is 0.291 e. The van der Waals surface area contributed by atoms with Crippen molar-refractivity contribution < 1.29 is 8.42 Å². The molecule has 0 aliphatic heterocycles. The lowest BCUT2D eigenvalue weighted by Crippen LogP contribution is -2.14. The van der Waals surface area contributed by atoms with Crippen LogP contribution in [0.1, 0.15) is 17.0 Å².